The normalized spacial score (nSPS) is 34.3. The summed E-state index contributed by atoms with van der Waals surface area (Å²) in [5.41, 5.74) is 6.25. The number of phenols is 1. The van der Waals surface area contributed by atoms with Crippen LogP contribution in [0.3, 0.4) is 0 Å². The van der Waals surface area contributed by atoms with Gasteiger partial charge in [-0.05, 0) is 32.8 Å². The fourth-order valence-electron chi connectivity index (χ4n) is 7.28. The molecule has 1 aromatic rings. The number of benzene rings is 1. The summed E-state index contributed by atoms with van der Waals surface area (Å²) in [6.07, 6.45) is 5.22. The van der Waals surface area contributed by atoms with Gasteiger partial charge in [-0.2, -0.15) is 0 Å². The minimum absolute atomic E-state index is 0.0267. The molecule has 0 spiro atoms. The maximum atomic E-state index is 14.3. The van der Waals surface area contributed by atoms with Gasteiger partial charge >= 0.3 is 11.8 Å². The Morgan fingerprint density at radius 2 is 1.67 bits per heavy atom. The molecule has 9 unspecified atom stereocenters. The average Bonchev–Trinajstić information content (AvgIpc) is 3.92. The van der Waals surface area contributed by atoms with E-state index in [1.807, 2.05) is 0 Å². The van der Waals surface area contributed by atoms with Crippen LogP contribution in [0.4, 0.5) is 0 Å². The third-order valence-corrected chi connectivity index (χ3v) is 10.9. The third kappa shape index (κ3) is 7.46. The highest BCUT2D eigenvalue weighted by atomic mass is 16.7. The van der Waals surface area contributed by atoms with Gasteiger partial charge in [-0.25, -0.2) is 4.99 Å². The van der Waals surface area contributed by atoms with Gasteiger partial charge in [-0.3, -0.25) is 19.2 Å². The summed E-state index contributed by atoms with van der Waals surface area (Å²) in [6.45, 7) is 12.6. The number of aliphatic imine (C=N–C) groups is 1. The predicted molar refractivity (Wildman–Crippen MR) is 198 cm³/mol. The fraction of sp³-hybridized carbons (Fsp3) is 0.525. The van der Waals surface area contributed by atoms with E-state index >= 15 is 0 Å². The van der Waals surface area contributed by atoms with Crippen LogP contribution in [0.2, 0.25) is 0 Å². The Kier molecular flexibility index (Phi) is 11.6. The van der Waals surface area contributed by atoms with Crippen molar-refractivity contribution in [2.75, 3.05) is 7.11 Å². The molecule has 1 fully saturated rings. The number of hydrogen-bond donors (Lipinski definition) is 5. The van der Waals surface area contributed by atoms with E-state index in [1.165, 1.54) is 53.2 Å². The number of fused-ring (bicyclic) bond motifs is 13. The molecule has 1 saturated carbocycles. The Morgan fingerprint density at radius 1 is 1.00 bits per heavy atom. The lowest BCUT2D eigenvalue weighted by Gasteiger charge is -2.38. The van der Waals surface area contributed by atoms with Gasteiger partial charge in [0.15, 0.2) is 0 Å². The maximum Gasteiger partial charge on any atom is 0.312 e. The number of aliphatic hydroxyl groups excluding tert-OH is 2. The number of esters is 1. The lowest BCUT2D eigenvalue weighted by atomic mass is 9.78. The second-order valence-corrected chi connectivity index (χ2v) is 15.0. The van der Waals surface area contributed by atoms with Crippen molar-refractivity contribution < 1.29 is 53.4 Å². The molecular weight excluding hydrogens is 698 g/mol. The SMILES string of the molecule is COC1/C=C/OC2(C)Oc3c(C)c(O)c4c(c3C2=O)C(N)=C(NC2CC2)C(=NC(=O)/C(C)=C\C=C\C(C)C(O)C(C)C(O)C(C)C(OC(C)=O)C1C)C4=O. The number of ketones is 2. The van der Waals surface area contributed by atoms with Crippen LogP contribution in [0.5, 0.6) is 11.5 Å². The summed E-state index contributed by atoms with van der Waals surface area (Å²) in [5, 5.41) is 37.4. The Hall–Kier alpha value is -4.79. The van der Waals surface area contributed by atoms with Crippen LogP contribution in [0.1, 0.15) is 93.2 Å². The zero-order valence-corrected chi connectivity index (χ0v) is 32.1. The van der Waals surface area contributed by atoms with Crippen molar-refractivity contribution in [3.05, 3.63) is 64.1 Å². The molecule has 0 saturated heterocycles. The summed E-state index contributed by atoms with van der Waals surface area (Å²) in [4.78, 5) is 58.5. The van der Waals surface area contributed by atoms with Crippen LogP contribution >= 0.6 is 0 Å². The molecule has 3 aliphatic heterocycles. The van der Waals surface area contributed by atoms with Crippen molar-refractivity contribution >= 4 is 34.9 Å². The summed E-state index contributed by atoms with van der Waals surface area (Å²) >= 11 is 0. The van der Waals surface area contributed by atoms with Crippen LogP contribution in [0.25, 0.3) is 5.70 Å². The highest BCUT2D eigenvalue weighted by Gasteiger charge is 2.52. The molecule has 292 valence electrons. The van der Waals surface area contributed by atoms with E-state index in [1.54, 1.807) is 39.8 Å². The number of methoxy groups -OCH3 is 1. The van der Waals surface area contributed by atoms with Gasteiger partial charge in [0.2, 0.25) is 5.78 Å². The number of carbonyl (C=O) groups is 4. The van der Waals surface area contributed by atoms with E-state index in [2.05, 4.69) is 10.3 Å². The van der Waals surface area contributed by atoms with Crippen molar-refractivity contribution in [3.8, 4) is 11.5 Å². The Balaban J connectivity index is 1.67. The van der Waals surface area contributed by atoms with E-state index < -0.39 is 83.1 Å². The zero-order chi connectivity index (χ0) is 40.0. The quantitative estimate of drug-likeness (QED) is 0.277. The van der Waals surface area contributed by atoms with Crippen LogP contribution in [-0.4, -0.2) is 87.8 Å². The molecule has 54 heavy (non-hydrogen) atoms. The van der Waals surface area contributed by atoms with Crippen molar-refractivity contribution in [3.63, 3.8) is 0 Å². The number of hydrogen-bond acceptors (Lipinski definition) is 13. The first kappa shape index (κ1) is 40.4. The number of nitrogens with one attached hydrogen (secondary N) is 1. The van der Waals surface area contributed by atoms with Gasteiger partial charge in [-0.1, -0.05) is 45.9 Å². The van der Waals surface area contributed by atoms with E-state index in [0.29, 0.717) is 0 Å². The summed E-state index contributed by atoms with van der Waals surface area (Å²) in [6, 6.07) is -0.0502. The predicted octanol–water partition coefficient (Wildman–Crippen LogP) is 3.79. The number of Topliss-reactive ketones (excluding diaryl/α,β-unsaturated/α-hetero) is 2. The third-order valence-electron chi connectivity index (χ3n) is 10.9. The molecular formula is C40H51N3O11. The van der Waals surface area contributed by atoms with Gasteiger partial charge in [0.1, 0.15) is 23.3 Å². The molecule has 5 bridgehead atoms. The average molecular weight is 750 g/mol. The van der Waals surface area contributed by atoms with Crippen molar-refractivity contribution in [1.29, 1.82) is 0 Å². The number of carbonyl (C=O) groups excluding carboxylic acids is 4. The van der Waals surface area contributed by atoms with Gasteiger partial charge in [0, 0.05) is 67.4 Å². The minimum atomic E-state index is -1.98. The van der Waals surface area contributed by atoms with Gasteiger partial charge in [-0.15, -0.1) is 0 Å². The number of nitrogens with two attached hydrogens (primary N) is 1. The second-order valence-electron chi connectivity index (χ2n) is 15.0. The monoisotopic (exact) mass is 749 g/mol. The lowest BCUT2D eigenvalue weighted by molar-refractivity contribution is -0.160. The number of aromatic hydroxyl groups is 1. The number of ether oxygens (including phenoxy) is 4. The molecule has 0 aromatic heterocycles. The lowest BCUT2D eigenvalue weighted by Crippen LogP contribution is -2.46. The largest absolute Gasteiger partial charge is 0.507 e. The summed E-state index contributed by atoms with van der Waals surface area (Å²) in [7, 11) is 1.44. The van der Waals surface area contributed by atoms with Crippen molar-refractivity contribution in [2.24, 2.45) is 34.4 Å². The number of amides is 1. The molecule has 1 amide bonds. The standard InChI is InChI=1S/C40H51N3O11/c1-17-11-10-12-18(2)39(50)43-31-30(42-24-13-14-24)29(41)26-27(35(31)48)34(47)22(6)37-28(26)38(49)40(8,54-37)52-16-15-25(51-9)19(3)36(53-23(7)44)21(5)33(46)20(4)32(17)45/h10-12,15-17,19-21,24-25,32-33,36,42,45-47H,13-14,41H2,1-9H3/b11-10+,16-15+,18-12-,43-31?. The first-order valence-electron chi connectivity index (χ1n) is 18.2. The summed E-state index contributed by atoms with van der Waals surface area (Å²) in [5.74, 6) is -7.72. The molecule has 2 aliphatic carbocycles. The van der Waals surface area contributed by atoms with Crippen LogP contribution in [0, 0.1) is 30.6 Å². The molecule has 0 radical (unpaired) electrons. The number of rotatable bonds is 4. The highest BCUT2D eigenvalue weighted by molar-refractivity contribution is 6.56. The van der Waals surface area contributed by atoms with E-state index in [4.69, 9.17) is 24.7 Å². The van der Waals surface area contributed by atoms with Gasteiger partial charge in [0.05, 0.1) is 47.1 Å². The van der Waals surface area contributed by atoms with Gasteiger partial charge in [0.25, 0.3) is 11.7 Å². The fourth-order valence-corrected chi connectivity index (χ4v) is 7.28. The molecule has 14 nitrogen and oxygen atoms in total. The first-order valence-corrected chi connectivity index (χ1v) is 18.2. The van der Waals surface area contributed by atoms with Crippen molar-refractivity contribution in [2.45, 2.75) is 104 Å². The number of aliphatic hydroxyl groups is 2. The Bertz CT molecular complexity index is 1890. The van der Waals surface area contributed by atoms with E-state index in [9.17, 15) is 34.5 Å². The number of allylic oxidation sites excluding steroid dienone is 3. The number of nitrogens with zero attached hydrogens (tertiary/aromatic N) is 1. The first-order chi connectivity index (χ1) is 25.3. The molecule has 5 aliphatic rings. The molecule has 3 heterocycles. The van der Waals surface area contributed by atoms with Gasteiger partial charge < -0.3 is 45.3 Å². The smallest absolute Gasteiger partial charge is 0.312 e. The second kappa shape index (κ2) is 15.5. The van der Waals surface area contributed by atoms with Crippen molar-refractivity contribution in [1.82, 2.24) is 5.32 Å². The topological polar surface area (TPSA) is 216 Å². The molecule has 6 rings (SSSR count). The van der Waals surface area contributed by atoms with E-state index in [-0.39, 0.29) is 56.7 Å². The van der Waals surface area contributed by atoms with Crippen LogP contribution < -0.4 is 15.8 Å². The van der Waals surface area contributed by atoms with Crippen LogP contribution in [-0.2, 0) is 23.8 Å². The summed E-state index contributed by atoms with van der Waals surface area (Å²) < 4.78 is 23.5. The Labute approximate surface area is 314 Å². The minimum Gasteiger partial charge on any atom is -0.507 e. The maximum absolute atomic E-state index is 14.3. The van der Waals surface area contributed by atoms with Crippen LogP contribution in [0.15, 0.2) is 46.8 Å². The van der Waals surface area contributed by atoms with E-state index in [0.717, 1.165) is 12.8 Å². The molecule has 14 heteroatoms. The molecule has 9 atom stereocenters. The zero-order valence-electron chi connectivity index (χ0n) is 32.1. The Morgan fingerprint density at radius 3 is 2.28 bits per heavy atom. The molecule has 1 aromatic carbocycles. The number of phenolic OH excluding ortho intramolecular Hbond substituents is 1. The highest BCUT2D eigenvalue weighted by Crippen LogP contribution is 2.49. The molecule has 6 N–H and O–H groups in total.